The van der Waals surface area contributed by atoms with Crippen molar-refractivity contribution in [3.63, 3.8) is 0 Å². The van der Waals surface area contributed by atoms with Crippen LogP contribution in [0.4, 0.5) is 17.1 Å². The number of nitrogens with one attached hydrogen (secondary N) is 1. The maximum atomic E-state index is 13.4. The molecule has 0 bridgehead atoms. The highest BCUT2D eigenvalue weighted by Gasteiger charge is 2.19. The fourth-order valence-electron chi connectivity index (χ4n) is 3.20. The topological polar surface area (TPSA) is 32.3 Å². The van der Waals surface area contributed by atoms with Gasteiger partial charge in [-0.1, -0.05) is 60.1 Å². The van der Waals surface area contributed by atoms with Crippen LogP contribution in [-0.2, 0) is 6.54 Å². The van der Waals surface area contributed by atoms with Gasteiger partial charge < -0.3 is 5.32 Å². The molecule has 30 heavy (non-hydrogen) atoms. The Bertz CT molecular complexity index is 1060. The molecule has 4 rings (SSSR count). The number of nitrogens with zero attached hydrogens (tertiary/aromatic N) is 1. The molecule has 0 saturated heterocycles. The van der Waals surface area contributed by atoms with Gasteiger partial charge in [0.1, 0.15) is 0 Å². The number of para-hydroxylation sites is 2. The van der Waals surface area contributed by atoms with Crippen LogP contribution < -0.4 is 10.2 Å². The summed E-state index contributed by atoms with van der Waals surface area (Å²) in [5, 5.41) is 4.10. The molecule has 0 aromatic heterocycles. The van der Waals surface area contributed by atoms with Gasteiger partial charge in [0.25, 0.3) is 5.91 Å². The Morgan fingerprint density at radius 3 is 1.77 bits per heavy atom. The minimum absolute atomic E-state index is 0.0725. The summed E-state index contributed by atoms with van der Waals surface area (Å²) in [4.78, 5) is 15.1. The summed E-state index contributed by atoms with van der Waals surface area (Å²) < 4.78 is 0. The molecule has 0 saturated carbocycles. The van der Waals surface area contributed by atoms with E-state index in [-0.39, 0.29) is 5.91 Å². The summed E-state index contributed by atoms with van der Waals surface area (Å²) in [6.45, 7) is 0.685. The Labute approximate surface area is 181 Å². The first-order chi connectivity index (χ1) is 14.7. The van der Waals surface area contributed by atoms with Crippen molar-refractivity contribution in [2.24, 2.45) is 0 Å². The maximum absolute atomic E-state index is 13.4. The van der Waals surface area contributed by atoms with Crippen molar-refractivity contribution in [3.05, 3.63) is 125 Å². The summed E-state index contributed by atoms with van der Waals surface area (Å²) in [5.74, 6) is -0.0725. The Morgan fingerprint density at radius 2 is 1.23 bits per heavy atom. The second-order valence-electron chi connectivity index (χ2n) is 6.87. The van der Waals surface area contributed by atoms with Crippen LogP contribution in [-0.4, -0.2) is 5.91 Å². The highest BCUT2D eigenvalue weighted by atomic mass is 35.5. The third kappa shape index (κ3) is 4.70. The second kappa shape index (κ2) is 9.29. The van der Waals surface area contributed by atoms with Crippen molar-refractivity contribution in [1.29, 1.82) is 0 Å². The third-order valence-corrected chi connectivity index (χ3v) is 5.03. The SMILES string of the molecule is O=C(c1ccc(NCc2ccc(Cl)cc2)cc1)N(c1ccccc1)c1ccccc1. The lowest BCUT2D eigenvalue weighted by atomic mass is 10.1. The average molecular weight is 413 g/mol. The van der Waals surface area contributed by atoms with Gasteiger partial charge in [-0.3, -0.25) is 9.69 Å². The number of carbonyl (C=O) groups is 1. The lowest BCUT2D eigenvalue weighted by Gasteiger charge is -2.23. The van der Waals surface area contributed by atoms with E-state index in [0.717, 1.165) is 27.6 Å². The molecule has 1 N–H and O–H groups in total. The van der Waals surface area contributed by atoms with Gasteiger partial charge in [-0.05, 0) is 66.2 Å². The van der Waals surface area contributed by atoms with Crippen LogP contribution in [0.15, 0.2) is 109 Å². The average Bonchev–Trinajstić information content (AvgIpc) is 2.81. The molecule has 1 amide bonds. The molecule has 0 aliphatic rings. The number of rotatable bonds is 6. The zero-order chi connectivity index (χ0) is 20.8. The molecule has 0 aliphatic carbocycles. The lowest BCUT2D eigenvalue weighted by Crippen LogP contribution is -2.25. The smallest absolute Gasteiger partial charge is 0.262 e. The van der Waals surface area contributed by atoms with Gasteiger partial charge in [-0.25, -0.2) is 0 Å². The highest BCUT2D eigenvalue weighted by molar-refractivity contribution is 6.30. The Morgan fingerprint density at radius 1 is 0.700 bits per heavy atom. The minimum atomic E-state index is -0.0725. The zero-order valence-corrected chi connectivity index (χ0v) is 17.1. The van der Waals surface area contributed by atoms with Crippen LogP contribution in [0.3, 0.4) is 0 Å². The molecule has 0 unspecified atom stereocenters. The standard InChI is InChI=1S/C26H21ClN2O/c27-22-15-11-20(12-16-22)19-28-23-17-13-21(14-18-23)26(30)29(24-7-3-1-4-8-24)25-9-5-2-6-10-25/h1-18,28H,19H2. The minimum Gasteiger partial charge on any atom is -0.381 e. The number of carbonyl (C=O) groups excluding carboxylic acids is 1. The van der Waals surface area contributed by atoms with E-state index in [1.165, 1.54) is 0 Å². The van der Waals surface area contributed by atoms with Crippen LogP contribution in [0.2, 0.25) is 5.02 Å². The van der Waals surface area contributed by atoms with Crippen molar-refractivity contribution in [1.82, 2.24) is 0 Å². The number of amides is 1. The molecule has 0 radical (unpaired) electrons. The van der Waals surface area contributed by atoms with Gasteiger partial charge in [0.15, 0.2) is 0 Å². The molecular weight excluding hydrogens is 392 g/mol. The predicted molar refractivity (Wildman–Crippen MR) is 125 cm³/mol. The van der Waals surface area contributed by atoms with Crippen LogP contribution in [0.25, 0.3) is 0 Å². The fraction of sp³-hybridized carbons (Fsp3) is 0.0385. The van der Waals surface area contributed by atoms with Crippen molar-refractivity contribution in [2.75, 3.05) is 10.2 Å². The molecule has 148 valence electrons. The number of benzene rings is 4. The fourth-order valence-corrected chi connectivity index (χ4v) is 3.33. The number of halogens is 1. The monoisotopic (exact) mass is 412 g/mol. The van der Waals surface area contributed by atoms with E-state index in [1.54, 1.807) is 4.90 Å². The van der Waals surface area contributed by atoms with Gasteiger partial charge in [-0.15, -0.1) is 0 Å². The maximum Gasteiger partial charge on any atom is 0.262 e. The first kappa shape index (κ1) is 19.7. The van der Waals surface area contributed by atoms with Crippen LogP contribution in [0, 0.1) is 0 Å². The van der Waals surface area contributed by atoms with E-state index in [4.69, 9.17) is 11.6 Å². The summed E-state index contributed by atoms with van der Waals surface area (Å²) >= 11 is 5.93. The zero-order valence-electron chi connectivity index (χ0n) is 16.3. The van der Waals surface area contributed by atoms with Crippen molar-refractivity contribution < 1.29 is 4.79 Å². The van der Waals surface area contributed by atoms with E-state index < -0.39 is 0 Å². The summed E-state index contributed by atoms with van der Waals surface area (Å²) in [7, 11) is 0. The first-order valence-electron chi connectivity index (χ1n) is 9.74. The van der Waals surface area contributed by atoms with Crippen molar-refractivity contribution in [2.45, 2.75) is 6.54 Å². The quantitative estimate of drug-likeness (QED) is 0.372. The summed E-state index contributed by atoms with van der Waals surface area (Å²) in [5.41, 5.74) is 4.38. The largest absolute Gasteiger partial charge is 0.381 e. The van der Waals surface area contributed by atoms with Crippen molar-refractivity contribution >= 4 is 34.6 Å². The third-order valence-electron chi connectivity index (χ3n) is 4.77. The van der Waals surface area contributed by atoms with Crippen LogP contribution in [0.1, 0.15) is 15.9 Å². The summed E-state index contributed by atoms with van der Waals surface area (Å²) in [6.07, 6.45) is 0. The predicted octanol–water partition coefficient (Wildman–Crippen LogP) is 6.93. The van der Waals surface area contributed by atoms with E-state index >= 15 is 0 Å². The van der Waals surface area contributed by atoms with Gasteiger partial charge in [0.05, 0.1) is 0 Å². The van der Waals surface area contributed by atoms with E-state index in [0.29, 0.717) is 12.1 Å². The molecule has 0 fully saturated rings. The molecular formula is C26H21ClN2O. The molecule has 0 aliphatic heterocycles. The van der Waals surface area contributed by atoms with Gasteiger partial charge in [0.2, 0.25) is 0 Å². The first-order valence-corrected chi connectivity index (χ1v) is 10.1. The number of hydrogen-bond donors (Lipinski definition) is 1. The molecule has 4 aromatic rings. The van der Waals surface area contributed by atoms with Gasteiger partial charge in [-0.2, -0.15) is 0 Å². The van der Waals surface area contributed by atoms with E-state index in [1.807, 2.05) is 109 Å². The van der Waals surface area contributed by atoms with Gasteiger partial charge >= 0.3 is 0 Å². The van der Waals surface area contributed by atoms with Gasteiger partial charge in [0, 0.05) is 34.2 Å². The lowest BCUT2D eigenvalue weighted by molar-refractivity contribution is 0.0999. The summed E-state index contributed by atoms with van der Waals surface area (Å²) in [6, 6.07) is 34.7. The van der Waals surface area contributed by atoms with E-state index in [2.05, 4.69) is 5.32 Å². The number of anilines is 3. The van der Waals surface area contributed by atoms with E-state index in [9.17, 15) is 4.79 Å². The molecule has 0 atom stereocenters. The normalized spacial score (nSPS) is 10.4. The molecule has 4 aromatic carbocycles. The second-order valence-corrected chi connectivity index (χ2v) is 7.31. The highest BCUT2D eigenvalue weighted by Crippen LogP contribution is 2.27. The molecule has 0 heterocycles. The molecule has 4 heteroatoms. The van der Waals surface area contributed by atoms with Crippen molar-refractivity contribution in [3.8, 4) is 0 Å². The Kier molecular flexibility index (Phi) is 6.11. The Hall–Kier alpha value is -3.56. The van der Waals surface area contributed by atoms with Crippen LogP contribution in [0.5, 0.6) is 0 Å². The number of hydrogen-bond acceptors (Lipinski definition) is 2. The van der Waals surface area contributed by atoms with Crippen LogP contribution >= 0.6 is 11.6 Å². The molecule has 0 spiro atoms. The molecule has 3 nitrogen and oxygen atoms in total. The Balaban J connectivity index is 1.53.